The Hall–Kier alpha value is 0.694. The summed E-state index contributed by atoms with van der Waals surface area (Å²) < 4.78 is 0.585. The van der Waals surface area contributed by atoms with Crippen molar-refractivity contribution in [2.45, 2.75) is 55.4 Å². The minimum atomic E-state index is -1.88. The van der Waals surface area contributed by atoms with Crippen molar-refractivity contribution in [3.63, 3.8) is 0 Å². The third kappa shape index (κ3) is 3.05. The molecule has 0 radical (unpaired) electrons. The molecular weight excluding hydrogens is 345 g/mol. The van der Waals surface area contributed by atoms with Crippen LogP contribution in [0.5, 0.6) is 0 Å². The average molecular weight is 383 g/mol. The van der Waals surface area contributed by atoms with Crippen molar-refractivity contribution in [2.24, 2.45) is 0 Å². The van der Waals surface area contributed by atoms with Gasteiger partial charge in [-0.25, -0.2) is 0 Å². The molecule has 0 unspecified atom stereocenters. The Kier molecular flexibility index (Phi) is 8.80. The average Bonchev–Trinajstić information content (AvgIpc) is 2.48. The van der Waals surface area contributed by atoms with Crippen molar-refractivity contribution in [3.8, 4) is 0 Å². The van der Waals surface area contributed by atoms with Crippen LogP contribution in [0.4, 0.5) is 0 Å². The van der Waals surface area contributed by atoms with Crippen LogP contribution in [0.15, 0.2) is 0 Å². The molecule has 0 aromatic carbocycles. The molecule has 0 amide bonds. The zero-order valence-corrected chi connectivity index (χ0v) is 18.4. The molecule has 0 aliphatic rings. The summed E-state index contributed by atoms with van der Waals surface area (Å²) in [4.78, 5) is 26.1. The van der Waals surface area contributed by atoms with E-state index in [2.05, 4.69) is 41.5 Å². The van der Waals surface area contributed by atoms with Crippen molar-refractivity contribution in [1.29, 1.82) is 0 Å². The second-order valence-electron chi connectivity index (χ2n) is 5.62. The van der Waals surface area contributed by atoms with Gasteiger partial charge < -0.3 is 0 Å². The Morgan fingerprint density at radius 2 is 0.810 bits per heavy atom. The molecule has 0 saturated carbocycles. The predicted octanol–water partition coefficient (Wildman–Crippen LogP) is 4.68. The summed E-state index contributed by atoms with van der Waals surface area (Å²) in [6, 6.07) is -3.73. The molecule has 0 atom stereocenters. The van der Waals surface area contributed by atoms with Crippen LogP contribution in [0.25, 0.3) is 0 Å². The molecule has 0 aliphatic heterocycles. The van der Waals surface area contributed by atoms with Gasteiger partial charge in [0.05, 0.1) is 0 Å². The molecule has 0 aliphatic carbocycles. The maximum absolute atomic E-state index is 13.0. The van der Waals surface area contributed by atoms with Crippen molar-refractivity contribution in [1.82, 2.24) is 0 Å². The van der Waals surface area contributed by atoms with E-state index in [9.17, 15) is 9.59 Å². The van der Waals surface area contributed by atoms with Gasteiger partial charge in [-0.2, -0.15) is 0 Å². The molecule has 2 nitrogen and oxygen atoms in total. The zero-order valence-electron chi connectivity index (χ0n) is 15.4. The van der Waals surface area contributed by atoms with Crippen LogP contribution in [0.2, 0.25) is 0 Å². The number of rotatable bonds is 10. The molecule has 21 heavy (non-hydrogen) atoms. The van der Waals surface area contributed by atoms with Crippen molar-refractivity contribution in [2.75, 3.05) is 37.0 Å². The zero-order chi connectivity index (χ0) is 16.9. The van der Waals surface area contributed by atoms with Crippen molar-refractivity contribution < 1.29 is 21.1 Å². The third-order valence-electron chi connectivity index (χ3n) is 5.35. The van der Waals surface area contributed by atoms with E-state index in [-0.39, 0.29) is 0 Å². The summed E-state index contributed by atoms with van der Waals surface area (Å²) in [5, 5.41) is 0. The quantitative estimate of drug-likeness (QED) is 0.406. The molecule has 0 heterocycles. The van der Waals surface area contributed by atoms with E-state index in [1.54, 1.807) is 13.8 Å². The Bertz CT molecular complexity index is 322. The molecule has 134 valence electrons. The first-order valence-electron chi connectivity index (χ1n) is 8.40. The van der Waals surface area contributed by atoms with Gasteiger partial charge in [0, 0.05) is 0 Å². The predicted molar refractivity (Wildman–Crippen MR) is 101 cm³/mol. The molecule has 0 spiro atoms. The maximum atomic E-state index is 13.0. The molecule has 0 rings (SSSR count). The van der Waals surface area contributed by atoms with E-state index in [0.717, 1.165) is 37.0 Å². The van der Waals surface area contributed by atoms with Gasteiger partial charge in [0.2, 0.25) is 0 Å². The second-order valence-corrected chi connectivity index (χ2v) is 28.6. The summed E-state index contributed by atoms with van der Waals surface area (Å²) in [5.74, 6) is 0. The minimum absolute atomic E-state index is 0.292. The van der Waals surface area contributed by atoms with Crippen molar-refractivity contribution in [3.05, 3.63) is 0 Å². The normalized spacial score (nSPS) is 15.6. The fourth-order valence-electron chi connectivity index (χ4n) is 3.96. The van der Waals surface area contributed by atoms with E-state index in [4.69, 9.17) is 0 Å². The van der Waals surface area contributed by atoms with Gasteiger partial charge in [0.25, 0.3) is 0 Å². The summed E-state index contributed by atoms with van der Waals surface area (Å²) >= 11 is -1.88. The van der Waals surface area contributed by atoms with Crippen LogP contribution >= 0.6 is 12.1 Å². The number of carbonyl (C=O) groups is 2. The van der Waals surface area contributed by atoms with E-state index in [1.807, 2.05) is 0 Å². The molecule has 0 N–H and O–H groups in total. The van der Waals surface area contributed by atoms with Crippen molar-refractivity contribution >= 4 is 21.6 Å². The van der Waals surface area contributed by atoms with Crippen LogP contribution in [0.3, 0.4) is 0 Å². The molecular formula is C16H38NiO2P2. The molecule has 0 aromatic heterocycles. The molecule has 0 fully saturated rings. The fraction of sp³-hybridized carbons (Fsp3) is 0.875. The molecule has 0 bridgehead atoms. The number of carbonyl (C=O) groups excluding carboxylic acids is 2. The number of hydrogen-bond acceptors (Lipinski definition) is 2. The fourth-order valence-corrected chi connectivity index (χ4v) is 50.8. The SMILES string of the molecule is CC[PH](CC)(CC)[Ni]([C](C)=O)([C](C)=O)[PH](CC)(CC)CC. The van der Waals surface area contributed by atoms with E-state index in [1.165, 1.54) is 0 Å². The Balaban J connectivity index is 6.79. The van der Waals surface area contributed by atoms with Gasteiger partial charge in [-0.15, -0.1) is 0 Å². The van der Waals surface area contributed by atoms with E-state index < -0.39 is 23.6 Å². The van der Waals surface area contributed by atoms with Crippen LogP contribution < -0.4 is 0 Å². The number of hydrogen-bond donors (Lipinski definition) is 0. The molecule has 0 saturated heterocycles. The first kappa shape index (κ1) is 21.7. The van der Waals surface area contributed by atoms with Gasteiger partial charge in [-0.05, 0) is 0 Å². The van der Waals surface area contributed by atoms with E-state index in [0.29, 0.717) is 9.51 Å². The topological polar surface area (TPSA) is 34.1 Å². The summed E-state index contributed by atoms with van der Waals surface area (Å²) in [7, 11) is 0. The Morgan fingerprint density at radius 1 is 0.619 bits per heavy atom. The first-order valence-corrected chi connectivity index (χ1v) is 17.2. The van der Waals surface area contributed by atoms with Gasteiger partial charge in [-0.3, -0.25) is 0 Å². The monoisotopic (exact) mass is 382 g/mol. The second kappa shape index (κ2) is 8.52. The summed E-state index contributed by atoms with van der Waals surface area (Å²) in [6.45, 7) is 17.0. The summed E-state index contributed by atoms with van der Waals surface area (Å²) in [5.41, 5.74) is 0. The molecule has 0 aromatic rings. The van der Waals surface area contributed by atoms with Gasteiger partial charge in [0.1, 0.15) is 0 Å². The first-order chi connectivity index (χ1) is 9.75. The summed E-state index contributed by atoms with van der Waals surface area (Å²) in [6.07, 6.45) is 6.55. The van der Waals surface area contributed by atoms with Gasteiger partial charge in [0.15, 0.2) is 0 Å². The van der Waals surface area contributed by atoms with Crippen LogP contribution in [0, 0.1) is 0 Å². The van der Waals surface area contributed by atoms with Crippen LogP contribution in [-0.2, 0) is 21.1 Å². The Morgan fingerprint density at radius 3 is 0.905 bits per heavy atom. The standard InChI is InChI=1S/2C6H15P.2C2H3O.Ni/c2*1-4-7(5-2)6-3;2*1-2-3;/h2*4-6H2,1-3H3;2*1H3;/q;;;;-2/p+2. The Labute approximate surface area is 135 Å². The molecule has 5 heteroatoms. The van der Waals surface area contributed by atoms with Crippen LogP contribution in [-0.4, -0.2) is 46.5 Å². The third-order valence-corrected chi connectivity index (χ3v) is 44.5. The van der Waals surface area contributed by atoms with E-state index >= 15 is 0 Å². The van der Waals surface area contributed by atoms with Gasteiger partial charge >= 0.3 is 135 Å². The van der Waals surface area contributed by atoms with Gasteiger partial charge in [-0.1, -0.05) is 0 Å². The van der Waals surface area contributed by atoms with Crippen LogP contribution in [0.1, 0.15) is 55.4 Å².